The van der Waals surface area contributed by atoms with Crippen molar-refractivity contribution in [3.8, 4) is 5.75 Å². The van der Waals surface area contributed by atoms with Crippen molar-refractivity contribution in [2.75, 3.05) is 5.32 Å². The van der Waals surface area contributed by atoms with E-state index >= 15 is 0 Å². The van der Waals surface area contributed by atoms with Gasteiger partial charge in [0.2, 0.25) is 5.91 Å². The summed E-state index contributed by atoms with van der Waals surface area (Å²) in [5, 5.41) is 2.77. The first-order chi connectivity index (χ1) is 11.5. The smallest absolute Gasteiger partial charge is 0.339 e. The predicted molar refractivity (Wildman–Crippen MR) is 89.7 cm³/mol. The first kappa shape index (κ1) is 15.2. The molecule has 0 saturated heterocycles. The van der Waals surface area contributed by atoms with Crippen LogP contribution in [0.5, 0.6) is 5.75 Å². The van der Waals surface area contributed by atoms with Crippen molar-refractivity contribution in [3.05, 3.63) is 53.1 Å². The Morgan fingerprint density at radius 3 is 2.58 bits per heavy atom. The molecule has 6 heteroatoms. The van der Waals surface area contributed by atoms with Crippen LogP contribution in [0.3, 0.4) is 0 Å². The van der Waals surface area contributed by atoms with Gasteiger partial charge in [0, 0.05) is 12.1 Å². The summed E-state index contributed by atoms with van der Waals surface area (Å²) in [5.41, 5.74) is 3.91. The number of rotatable bonds is 3. The molecule has 1 aliphatic heterocycles. The van der Waals surface area contributed by atoms with E-state index in [4.69, 9.17) is 4.18 Å². The third-order valence-electron chi connectivity index (χ3n) is 4.54. The van der Waals surface area contributed by atoms with Gasteiger partial charge >= 0.3 is 10.1 Å². The highest BCUT2D eigenvalue weighted by Crippen LogP contribution is 2.30. The highest BCUT2D eigenvalue weighted by molar-refractivity contribution is 7.87. The topological polar surface area (TPSA) is 72.5 Å². The van der Waals surface area contributed by atoms with Gasteiger partial charge in [0.15, 0.2) is 0 Å². The summed E-state index contributed by atoms with van der Waals surface area (Å²) in [5.74, 6) is 0.243. The maximum atomic E-state index is 12.5. The zero-order valence-electron chi connectivity index (χ0n) is 13.0. The molecule has 2 aliphatic rings. The van der Waals surface area contributed by atoms with Crippen LogP contribution >= 0.6 is 0 Å². The van der Waals surface area contributed by atoms with Crippen molar-refractivity contribution < 1.29 is 17.4 Å². The molecule has 0 atom stereocenters. The van der Waals surface area contributed by atoms with Gasteiger partial charge < -0.3 is 9.50 Å². The lowest BCUT2D eigenvalue weighted by Crippen LogP contribution is -2.19. The SMILES string of the molecule is O=C1CCc2cc(OS(=O)(=O)c3ccc4c(c3)CCC4)ccc2N1. The van der Waals surface area contributed by atoms with Gasteiger partial charge in [-0.05, 0) is 72.7 Å². The summed E-state index contributed by atoms with van der Waals surface area (Å²) in [7, 11) is -3.86. The molecule has 2 aromatic carbocycles. The van der Waals surface area contributed by atoms with Gasteiger partial charge in [-0.2, -0.15) is 8.42 Å². The molecule has 0 bridgehead atoms. The fraction of sp³-hybridized carbons (Fsp3) is 0.278. The second-order valence-electron chi connectivity index (χ2n) is 6.19. The van der Waals surface area contributed by atoms with E-state index < -0.39 is 10.1 Å². The van der Waals surface area contributed by atoms with E-state index in [9.17, 15) is 13.2 Å². The predicted octanol–water partition coefficient (Wildman–Crippen LogP) is 2.83. The Kier molecular flexibility index (Phi) is 3.57. The Balaban J connectivity index is 1.61. The zero-order valence-corrected chi connectivity index (χ0v) is 13.9. The molecule has 1 amide bonds. The summed E-state index contributed by atoms with van der Waals surface area (Å²) in [6, 6.07) is 10.1. The molecule has 0 unspecified atom stereocenters. The van der Waals surface area contributed by atoms with Crippen molar-refractivity contribution in [1.82, 2.24) is 0 Å². The number of benzene rings is 2. The van der Waals surface area contributed by atoms with Gasteiger partial charge in [-0.25, -0.2) is 0 Å². The van der Waals surface area contributed by atoms with Gasteiger partial charge in [0.1, 0.15) is 10.6 Å². The van der Waals surface area contributed by atoms with Gasteiger partial charge in [-0.1, -0.05) is 6.07 Å². The normalized spacial score (nSPS) is 16.2. The standard InChI is InChI=1S/C18H17NO4S/c20-18-9-5-14-10-15(6-8-17(14)19-18)23-24(21,22)16-7-4-12-2-1-3-13(12)11-16/h4,6-8,10-11H,1-3,5,9H2,(H,19,20). The minimum Gasteiger partial charge on any atom is -0.379 e. The number of nitrogens with one attached hydrogen (secondary N) is 1. The van der Waals surface area contributed by atoms with E-state index in [2.05, 4.69) is 5.32 Å². The number of fused-ring (bicyclic) bond motifs is 2. The summed E-state index contributed by atoms with van der Waals surface area (Å²) < 4.78 is 30.4. The molecule has 5 nitrogen and oxygen atoms in total. The molecule has 0 fully saturated rings. The van der Waals surface area contributed by atoms with Crippen molar-refractivity contribution in [2.45, 2.75) is 37.0 Å². The van der Waals surface area contributed by atoms with Gasteiger partial charge in [0.25, 0.3) is 0 Å². The average molecular weight is 343 g/mol. The number of hydrogen-bond acceptors (Lipinski definition) is 4. The summed E-state index contributed by atoms with van der Waals surface area (Å²) in [6.07, 6.45) is 3.96. The molecular formula is C18H17NO4S. The van der Waals surface area contributed by atoms with Crippen LogP contribution in [0.1, 0.15) is 29.5 Å². The first-order valence-electron chi connectivity index (χ1n) is 8.00. The second-order valence-corrected chi connectivity index (χ2v) is 7.73. The maximum absolute atomic E-state index is 12.5. The minimum absolute atomic E-state index is 0.0260. The lowest BCUT2D eigenvalue weighted by molar-refractivity contribution is -0.116. The molecule has 24 heavy (non-hydrogen) atoms. The van der Waals surface area contributed by atoms with Crippen LogP contribution in [0.2, 0.25) is 0 Å². The van der Waals surface area contributed by atoms with Crippen LogP contribution in [-0.4, -0.2) is 14.3 Å². The lowest BCUT2D eigenvalue weighted by atomic mass is 10.0. The lowest BCUT2D eigenvalue weighted by Gasteiger charge is -2.17. The molecule has 0 saturated carbocycles. The van der Waals surface area contributed by atoms with Crippen molar-refractivity contribution in [3.63, 3.8) is 0 Å². The molecule has 0 aromatic heterocycles. The number of hydrogen-bond donors (Lipinski definition) is 1. The number of anilines is 1. The molecule has 0 spiro atoms. The van der Waals surface area contributed by atoms with Crippen LogP contribution in [0.25, 0.3) is 0 Å². The molecule has 1 heterocycles. The summed E-state index contributed by atoms with van der Waals surface area (Å²) >= 11 is 0. The Bertz CT molecular complexity index is 934. The second kappa shape index (κ2) is 5.63. The van der Waals surface area contributed by atoms with E-state index in [-0.39, 0.29) is 16.6 Å². The Morgan fingerprint density at radius 2 is 1.71 bits per heavy atom. The number of amides is 1. The minimum atomic E-state index is -3.86. The molecule has 2 aromatic rings. The largest absolute Gasteiger partial charge is 0.379 e. The quantitative estimate of drug-likeness (QED) is 0.870. The molecule has 0 radical (unpaired) electrons. The van der Waals surface area contributed by atoms with Crippen LogP contribution < -0.4 is 9.50 Å². The molecule has 124 valence electrons. The number of carbonyl (C=O) groups is 1. The van der Waals surface area contributed by atoms with Crippen LogP contribution in [0.4, 0.5) is 5.69 Å². The third kappa shape index (κ3) is 2.78. The fourth-order valence-electron chi connectivity index (χ4n) is 3.29. The number of aryl methyl sites for hydroxylation is 3. The fourth-order valence-corrected chi connectivity index (χ4v) is 4.26. The molecule has 1 N–H and O–H groups in total. The molecular weight excluding hydrogens is 326 g/mol. The van der Waals surface area contributed by atoms with Crippen molar-refractivity contribution in [2.24, 2.45) is 0 Å². The van der Waals surface area contributed by atoms with Gasteiger partial charge in [0.05, 0.1) is 0 Å². The van der Waals surface area contributed by atoms with E-state index in [1.165, 1.54) is 5.56 Å². The zero-order chi connectivity index (χ0) is 16.7. The highest BCUT2D eigenvalue weighted by Gasteiger charge is 2.22. The van der Waals surface area contributed by atoms with Crippen LogP contribution in [-0.2, 0) is 34.2 Å². The van der Waals surface area contributed by atoms with E-state index in [1.54, 1.807) is 30.3 Å². The Labute approximate surface area is 140 Å². The summed E-state index contributed by atoms with van der Waals surface area (Å²) in [6.45, 7) is 0. The average Bonchev–Trinajstić information content (AvgIpc) is 3.02. The Morgan fingerprint density at radius 1 is 0.875 bits per heavy atom. The van der Waals surface area contributed by atoms with Crippen LogP contribution in [0, 0.1) is 0 Å². The third-order valence-corrected chi connectivity index (χ3v) is 5.78. The van der Waals surface area contributed by atoms with E-state index in [1.807, 2.05) is 6.07 Å². The molecule has 1 aliphatic carbocycles. The van der Waals surface area contributed by atoms with Gasteiger partial charge in [-0.15, -0.1) is 0 Å². The van der Waals surface area contributed by atoms with Gasteiger partial charge in [-0.3, -0.25) is 4.79 Å². The number of carbonyl (C=O) groups excluding carboxylic acids is 1. The molecule has 4 rings (SSSR count). The summed E-state index contributed by atoms with van der Waals surface area (Å²) in [4.78, 5) is 11.6. The first-order valence-corrected chi connectivity index (χ1v) is 9.41. The van der Waals surface area contributed by atoms with E-state index in [0.717, 1.165) is 30.4 Å². The van der Waals surface area contributed by atoms with Crippen LogP contribution in [0.15, 0.2) is 41.3 Å². The van der Waals surface area contributed by atoms with Crippen molar-refractivity contribution >= 4 is 21.7 Å². The Hall–Kier alpha value is -2.34. The van der Waals surface area contributed by atoms with E-state index in [0.29, 0.717) is 18.5 Å². The highest BCUT2D eigenvalue weighted by atomic mass is 32.2. The van der Waals surface area contributed by atoms with Crippen molar-refractivity contribution in [1.29, 1.82) is 0 Å². The monoisotopic (exact) mass is 343 g/mol. The maximum Gasteiger partial charge on any atom is 0.339 e.